The van der Waals surface area contributed by atoms with Gasteiger partial charge < -0.3 is 5.73 Å². The Labute approximate surface area is 89.5 Å². The molecule has 0 aliphatic rings. The lowest BCUT2D eigenvalue weighted by Crippen LogP contribution is -2.02. The topological polar surface area (TPSA) is 43.8 Å². The molecule has 15 heavy (non-hydrogen) atoms. The Balaban J connectivity index is 2.27. The van der Waals surface area contributed by atoms with Gasteiger partial charge in [0.1, 0.15) is 0 Å². The molecule has 0 amide bonds. The summed E-state index contributed by atoms with van der Waals surface area (Å²) in [5.41, 5.74) is 10.2. The van der Waals surface area contributed by atoms with Crippen LogP contribution >= 0.6 is 0 Å². The van der Waals surface area contributed by atoms with Gasteiger partial charge in [-0.15, -0.1) is 0 Å². The van der Waals surface area contributed by atoms with Crippen LogP contribution in [0.5, 0.6) is 0 Å². The van der Waals surface area contributed by atoms with Crippen molar-refractivity contribution in [3.8, 4) is 0 Å². The van der Waals surface area contributed by atoms with Gasteiger partial charge in [0.25, 0.3) is 0 Å². The summed E-state index contributed by atoms with van der Waals surface area (Å²) in [6, 6.07) is 5.97. The van der Waals surface area contributed by atoms with E-state index in [1.807, 2.05) is 42.2 Å². The van der Waals surface area contributed by atoms with Crippen molar-refractivity contribution in [1.29, 1.82) is 0 Å². The van der Waals surface area contributed by atoms with E-state index in [9.17, 15) is 0 Å². The summed E-state index contributed by atoms with van der Waals surface area (Å²) in [5, 5.41) is 4.26. The molecule has 0 atom stereocenters. The molecule has 0 aliphatic heterocycles. The van der Waals surface area contributed by atoms with Gasteiger partial charge in [-0.3, -0.25) is 4.68 Å². The number of aromatic nitrogens is 2. The predicted octanol–water partition coefficient (Wildman–Crippen LogP) is 2.13. The third kappa shape index (κ3) is 2.18. The van der Waals surface area contributed by atoms with E-state index in [0.29, 0.717) is 0 Å². The Morgan fingerprint density at radius 3 is 2.80 bits per heavy atom. The zero-order chi connectivity index (χ0) is 10.8. The maximum atomic E-state index is 5.76. The SMILES string of the molecule is Cc1cnn(Cc2cc(N)ccc2C)c1. The molecule has 1 aromatic heterocycles. The zero-order valence-corrected chi connectivity index (χ0v) is 9.07. The normalized spacial score (nSPS) is 10.5. The Morgan fingerprint density at radius 2 is 2.13 bits per heavy atom. The molecule has 0 unspecified atom stereocenters. The highest BCUT2D eigenvalue weighted by Crippen LogP contribution is 2.13. The zero-order valence-electron chi connectivity index (χ0n) is 9.07. The third-order valence-corrected chi connectivity index (χ3v) is 2.47. The van der Waals surface area contributed by atoms with E-state index >= 15 is 0 Å². The summed E-state index contributed by atoms with van der Waals surface area (Å²) in [4.78, 5) is 0. The van der Waals surface area contributed by atoms with Crippen LogP contribution in [0.3, 0.4) is 0 Å². The molecule has 2 aromatic rings. The molecule has 0 saturated heterocycles. The fraction of sp³-hybridized carbons (Fsp3) is 0.250. The summed E-state index contributed by atoms with van der Waals surface area (Å²) in [6.07, 6.45) is 3.89. The van der Waals surface area contributed by atoms with E-state index in [-0.39, 0.29) is 0 Å². The summed E-state index contributed by atoms with van der Waals surface area (Å²) < 4.78 is 1.93. The Morgan fingerprint density at radius 1 is 1.33 bits per heavy atom. The van der Waals surface area contributed by atoms with Crippen molar-refractivity contribution in [1.82, 2.24) is 9.78 Å². The molecular weight excluding hydrogens is 186 g/mol. The Hall–Kier alpha value is -1.77. The quantitative estimate of drug-likeness (QED) is 0.756. The molecule has 0 spiro atoms. The van der Waals surface area contributed by atoms with Gasteiger partial charge in [0, 0.05) is 11.9 Å². The first-order valence-electron chi connectivity index (χ1n) is 4.99. The first-order chi connectivity index (χ1) is 7.15. The average Bonchev–Trinajstić information content (AvgIpc) is 2.58. The van der Waals surface area contributed by atoms with Crippen LogP contribution in [0.25, 0.3) is 0 Å². The van der Waals surface area contributed by atoms with Crippen molar-refractivity contribution in [3.63, 3.8) is 0 Å². The third-order valence-electron chi connectivity index (χ3n) is 2.47. The Kier molecular flexibility index (Phi) is 2.46. The molecule has 3 heteroatoms. The van der Waals surface area contributed by atoms with Gasteiger partial charge in [-0.1, -0.05) is 6.07 Å². The smallest absolute Gasteiger partial charge is 0.0662 e. The van der Waals surface area contributed by atoms with Crippen LogP contribution in [0.1, 0.15) is 16.7 Å². The van der Waals surface area contributed by atoms with Crippen molar-refractivity contribution >= 4 is 5.69 Å². The minimum atomic E-state index is 0.782. The molecule has 3 nitrogen and oxygen atoms in total. The molecule has 0 radical (unpaired) electrons. The van der Waals surface area contributed by atoms with Crippen molar-refractivity contribution in [2.45, 2.75) is 20.4 Å². The van der Waals surface area contributed by atoms with Crippen molar-refractivity contribution in [3.05, 3.63) is 47.3 Å². The van der Waals surface area contributed by atoms with Crippen LogP contribution in [0.15, 0.2) is 30.6 Å². The number of aryl methyl sites for hydroxylation is 2. The van der Waals surface area contributed by atoms with Crippen LogP contribution in [-0.4, -0.2) is 9.78 Å². The second kappa shape index (κ2) is 3.77. The first kappa shape index (κ1) is 9.77. The fourth-order valence-corrected chi connectivity index (χ4v) is 1.59. The van der Waals surface area contributed by atoms with E-state index in [2.05, 4.69) is 12.0 Å². The second-order valence-electron chi connectivity index (χ2n) is 3.90. The summed E-state index contributed by atoms with van der Waals surface area (Å²) in [5.74, 6) is 0. The number of benzene rings is 1. The van der Waals surface area contributed by atoms with Gasteiger partial charge in [-0.2, -0.15) is 5.10 Å². The minimum Gasteiger partial charge on any atom is -0.399 e. The predicted molar refractivity (Wildman–Crippen MR) is 61.7 cm³/mol. The molecule has 0 saturated carbocycles. The van der Waals surface area contributed by atoms with Crippen LogP contribution < -0.4 is 5.73 Å². The largest absolute Gasteiger partial charge is 0.399 e. The standard InChI is InChI=1S/C12H15N3/c1-9-6-14-15(7-9)8-11-5-12(13)4-3-10(11)2/h3-7H,8,13H2,1-2H3. The van der Waals surface area contributed by atoms with Crippen molar-refractivity contribution in [2.75, 3.05) is 5.73 Å². The van der Waals surface area contributed by atoms with Crippen LogP contribution in [0, 0.1) is 13.8 Å². The van der Waals surface area contributed by atoms with E-state index in [1.54, 1.807) is 0 Å². The van der Waals surface area contributed by atoms with Crippen LogP contribution in [0.2, 0.25) is 0 Å². The highest BCUT2D eigenvalue weighted by molar-refractivity contribution is 5.44. The van der Waals surface area contributed by atoms with Gasteiger partial charge in [0.05, 0.1) is 12.7 Å². The van der Waals surface area contributed by atoms with Crippen molar-refractivity contribution in [2.24, 2.45) is 0 Å². The maximum absolute atomic E-state index is 5.76. The summed E-state index contributed by atoms with van der Waals surface area (Å²) in [6.45, 7) is 4.91. The summed E-state index contributed by atoms with van der Waals surface area (Å²) >= 11 is 0. The number of nitrogens with two attached hydrogens (primary N) is 1. The maximum Gasteiger partial charge on any atom is 0.0662 e. The Bertz CT molecular complexity index is 471. The molecule has 2 rings (SSSR count). The molecule has 0 bridgehead atoms. The molecule has 2 N–H and O–H groups in total. The number of hydrogen-bond acceptors (Lipinski definition) is 2. The average molecular weight is 201 g/mol. The molecule has 0 fully saturated rings. The van der Waals surface area contributed by atoms with Gasteiger partial charge >= 0.3 is 0 Å². The van der Waals surface area contributed by atoms with Crippen LogP contribution in [-0.2, 0) is 6.54 Å². The number of rotatable bonds is 2. The first-order valence-corrected chi connectivity index (χ1v) is 4.99. The van der Waals surface area contributed by atoms with Gasteiger partial charge in [-0.25, -0.2) is 0 Å². The van der Waals surface area contributed by atoms with Crippen molar-refractivity contribution < 1.29 is 0 Å². The number of anilines is 1. The van der Waals surface area contributed by atoms with E-state index in [4.69, 9.17) is 5.73 Å². The highest BCUT2D eigenvalue weighted by Gasteiger charge is 2.01. The highest BCUT2D eigenvalue weighted by atomic mass is 15.3. The lowest BCUT2D eigenvalue weighted by molar-refractivity contribution is 0.684. The lowest BCUT2D eigenvalue weighted by Gasteiger charge is -2.06. The number of hydrogen-bond donors (Lipinski definition) is 1. The van der Waals surface area contributed by atoms with E-state index in [0.717, 1.165) is 12.2 Å². The monoisotopic (exact) mass is 201 g/mol. The lowest BCUT2D eigenvalue weighted by atomic mass is 10.1. The number of nitrogen functional groups attached to an aromatic ring is 1. The molecule has 1 aromatic carbocycles. The van der Waals surface area contributed by atoms with E-state index < -0.39 is 0 Å². The molecular formula is C12H15N3. The van der Waals surface area contributed by atoms with Gasteiger partial charge in [0.15, 0.2) is 0 Å². The molecule has 1 heterocycles. The molecule has 78 valence electrons. The van der Waals surface area contributed by atoms with Gasteiger partial charge in [-0.05, 0) is 42.7 Å². The van der Waals surface area contributed by atoms with Gasteiger partial charge in [0.2, 0.25) is 0 Å². The second-order valence-corrected chi connectivity index (χ2v) is 3.90. The fourth-order valence-electron chi connectivity index (χ4n) is 1.59. The number of nitrogens with zero attached hydrogens (tertiary/aromatic N) is 2. The molecule has 0 aliphatic carbocycles. The van der Waals surface area contributed by atoms with Crippen LogP contribution in [0.4, 0.5) is 5.69 Å². The van der Waals surface area contributed by atoms with E-state index in [1.165, 1.54) is 16.7 Å². The minimum absolute atomic E-state index is 0.782. The summed E-state index contributed by atoms with van der Waals surface area (Å²) in [7, 11) is 0.